The van der Waals surface area contributed by atoms with Gasteiger partial charge in [-0.1, -0.05) is 12.1 Å². The lowest BCUT2D eigenvalue weighted by atomic mass is 10.1. The number of esters is 1. The minimum absolute atomic E-state index is 0.198. The molecular weight excluding hydrogens is 393 g/mol. The van der Waals surface area contributed by atoms with Crippen molar-refractivity contribution in [2.24, 2.45) is 0 Å². The molecule has 0 aliphatic rings. The zero-order chi connectivity index (χ0) is 21.4. The van der Waals surface area contributed by atoms with Gasteiger partial charge in [-0.3, -0.25) is 4.79 Å². The summed E-state index contributed by atoms with van der Waals surface area (Å²) in [5.74, 6) is -0.913. The molecule has 154 valence electrons. The largest absolute Gasteiger partial charge is 0.573 e. The topological polar surface area (TPSA) is 71.1 Å². The van der Waals surface area contributed by atoms with Gasteiger partial charge >= 0.3 is 12.3 Å². The average Bonchev–Trinajstić information content (AvgIpc) is 2.69. The van der Waals surface area contributed by atoms with Crippen molar-refractivity contribution in [2.45, 2.75) is 6.36 Å². The number of carbonyl (C=O) groups is 2. The van der Waals surface area contributed by atoms with Gasteiger partial charge in [-0.15, -0.1) is 13.2 Å². The molecule has 0 aromatic heterocycles. The molecule has 9 heteroatoms. The Labute approximate surface area is 164 Å². The van der Waals surface area contributed by atoms with Crippen LogP contribution < -0.4 is 14.2 Å². The number of methoxy groups -OCH3 is 2. The van der Waals surface area contributed by atoms with Gasteiger partial charge in [0.1, 0.15) is 17.2 Å². The number of alkyl halides is 3. The fraction of sp³-hybridized carbons (Fsp3) is 0.200. The molecule has 0 aliphatic carbocycles. The van der Waals surface area contributed by atoms with E-state index >= 15 is 0 Å². The second-order valence-corrected chi connectivity index (χ2v) is 5.55. The first-order valence-electron chi connectivity index (χ1n) is 8.17. The molecule has 0 fully saturated rings. The van der Waals surface area contributed by atoms with Crippen molar-refractivity contribution in [3.63, 3.8) is 0 Å². The fourth-order valence-electron chi connectivity index (χ4n) is 2.24. The predicted molar refractivity (Wildman–Crippen MR) is 97.0 cm³/mol. The van der Waals surface area contributed by atoms with E-state index in [9.17, 15) is 22.8 Å². The SMILES string of the molecule is COc1ccc(OC)c(C(=O)COC(=O)/C=C/c2ccc(OC(F)(F)F)cc2)c1. The Morgan fingerprint density at radius 3 is 2.21 bits per heavy atom. The smallest absolute Gasteiger partial charge is 0.497 e. The highest BCUT2D eigenvalue weighted by atomic mass is 19.4. The number of ketones is 1. The van der Waals surface area contributed by atoms with Gasteiger partial charge < -0.3 is 18.9 Å². The molecule has 2 aromatic rings. The van der Waals surface area contributed by atoms with Gasteiger partial charge in [-0.25, -0.2) is 4.79 Å². The van der Waals surface area contributed by atoms with E-state index < -0.39 is 24.7 Å². The molecular formula is C20H17F3O6. The molecule has 0 unspecified atom stereocenters. The second kappa shape index (κ2) is 9.63. The van der Waals surface area contributed by atoms with Crippen LogP contribution >= 0.6 is 0 Å². The molecule has 6 nitrogen and oxygen atoms in total. The third-order valence-corrected chi connectivity index (χ3v) is 3.58. The number of hydrogen-bond donors (Lipinski definition) is 0. The maximum absolute atomic E-state index is 12.3. The summed E-state index contributed by atoms with van der Waals surface area (Å²) in [6.45, 7) is -0.523. The van der Waals surface area contributed by atoms with E-state index in [0.29, 0.717) is 17.1 Å². The van der Waals surface area contributed by atoms with E-state index in [0.717, 1.165) is 18.2 Å². The van der Waals surface area contributed by atoms with Crippen LogP contribution in [0.15, 0.2) is 48.5 Å². The summed E-state index contributed by atoms with van der Waals surface area (Å²) in [6, 6.07) is 9.52. The van der Waals surface area contributed by atoms with Gasteiger partial charge in [-0.05, 0) is 42.0 Å². The Balaban J connectivity index is 1.93. The number of halogens is 3. The Morgan fingerprint density at radius 2 is 1.62 bits per heavy atom. The number of rotatable bonds is 8. The lowest BCUT2D eigenvalue weighted by molar-refractivity contribution is -0.274. The van der Waals surface area contributed by atoms with Gasteiger partial charge in [0.25, 0.3) is 0 Å². The van der Waals surface area contributed by atoms with Crippen LogP contribution in [0, 0.1) is 0 Å². The van der Waals surface area contributed by atoms with Crippen LogP contribution in [-0.4, -0.2) is 38.9 Å². The first-order chi connectivity index (χ1) is 13.7. The summed E-state index contributed by atoms with van der Waals surface area (Å²) in [6.07, 6.45) is -2.40. The van der Waals surface area contributed by atoms with Gasteiger partial charge in [-0.2, -0.15) is 0 Å². The third-order valence-electron chi connectivity index (χ3n) is 3.58. The lowest BCUT2D eigenvalue weighted by Crippen LogP contribution is -2.16. The monoisotopic (exact) mass is 410 g/mol. The Hall–Kier alpha value is -3.49. The van der Waals surface area contributed by atoms with E-state index in [2.05, 4.69) is 4.74 Å². The standard InChI is InChI=1S/C20H17F3O6/c1-26-15-8-9-18(27-2)16(11-15)17(24)12-28-19(25)10-5-13-3-6-14(7-4-13)29-20(21,22)23/h3-11H,12H2,1-2H3/b10-5+. The normalized spacial score (nSPS) is 11.2. The minimum atomic E-state index is -4.78. The highest BCUT2D eigenvalue weighted by Gasteiger charge is 2.30. The summed E-state index contributed by atoms with van der Waals surface area (Å²) >= 11 is 0. The highest BCUT2D eigenvalue weighted by Crippen LogP contribution is 2.25. The number of hydrogen-bond acceptors (Lipinski definition) is 6. The number of ether oxygens (including phenoxy) is 4. The van der Waals surface area contributed by atoms with Crippen LogP contribution in [-0.2, 0) is 9.53 Å². The highest BCUT2D eigenvalue weighted by molar-refractivity contribution is 6.01. The molecule has 0 amide bonds. The van der Waals surface area contributed by atoms with Crippen molar-refractivity contribution in [3.8, 4) is 17.2 Å². The number of benzene rings is 2. The quantitative estimate of drug-likeness (QED) is 0.372. The van der Waals surface area contributed by atoms with E-state index in [1.54, 1.807) is 12.1 Å². The Bertz CT molecular complexity index is 888. The van der Waals surface area contributed by atoms with Crippen molar-refractivity contribution in [2.75, 3.05) is 20.8 Å². The molecule has 2 rings (SSSR count). The van der Waals surface area contributed by atoms with Crippen LogP contribution in [0.1, 0.15) is 15.9 Å². The molecule has 29 heavy (non-hydrogen) atoms. The zero-order valence-corrected chi connectivity index (χ0v) is 15.5. The zero-order valence-electron chi connectivity index (χ0n) is 15.5. The first kappa shape index (κ1) is 21.8. The van der Waals surface area contributed by atoms with Crippen LogP contribution in [0.25, 0.3) is 6.08 Å². The summed E-state index contributed by atoms with van der Waals surface area (Å²) < 4.78 is 55.2. The first-order valence-corrected chi connectivity index (χ1v) is 8.17. The summed E-state index contributed by atoms with van der Waals surface area (Å²) in [7, 11) is 2.85. The fourth-order valence-corrected chi connectivity index (χ4v) is 2.24. The van der Waals surface area contributed by atoms with Crippen LogP contribution in [0.2, 0.25) is 0 Å². The maximum atomic E-state index is 12.3. The summed E-state index contributed by atoms with van der Waals surface area (Å²) in [5.41, 5.74) is 0.640. The van der Waals surface area contributed by atoms with E-state index in [1.165, 1.54) is 38.5 Å². The molecule has 0 aliphatic heterocycles. The molecule has 0 heterocycles. The molecule has 0 spiro atoms. The van der Waals surface area contributed by atoms with E-state index in [-0.39, 0.29) is 11.3 Å². The third kappa shape index (κ3) is 6.87. The second-order valence-electron chi connectivity index (χ2n) is 5.55. The van der Waals surface area contributed by atoms with Gasteiger partial charge in [0.15, 0.2) is 6.61 Å². The summed E-state index contributed by atoms with van der Waals surface area (Å²) in [4.78, 5) is 24.1. The number of carbonyl (C=O) groups excluding carboxylic acids is 2. The lowest BCUT2D eigenvalue weighted by Gasteiger charge is -2.09. The molecule has 0 N–H and O–H groups in total. The van der Waals surface area contributed by atoms with Gasteiger partial charge in [0.2, 0.25) is 5.78 Å². The predicted octanol–water partition coefficient (Wildman–Crippen LogP) is 4.04. The van der Waals surface area contributed by atoms with Crippen molar-refractivity contribution < 1.29 is 41.7 Å². The Kier molecular flexibility index (Phi) is 7.24. The number of Topliss-reactive ketones (excluding diaryl/α,β-unsaturated/α-hetero) is 1. The van der Waals surface area contributed by atoms with E-state index in [4.69, 9.17) is 14.2 Å². The van der Waals surface area contributed by atoms with Crippen LogP contribution in [0.5, 0.6) is 17.2 Å². The average molecular weight is 410 g/mol. The van der Waals surface area contributed by atoms with Crippen molar-refractivity contribution >= 4 is 17.8 Å². The molecule has 0 bridgehead atoms. The molecule has 2 aromatic carbocycles. The molecule has 0 saturated carbocycles. The summed E-state index contributed by atoms with van der Waals surface area (Å²) in [5, 5.41) is 0. The van der Waals surface area contributed by atoms with Crippen molar-refractivity contribution in [1.29, 1.82) is 0 Å². The van der Waals surface area contributed by atoms with Crippen molar-refractivity contribution in [3.05, 3.63) is 59.7 Å². The minimum Gasteiger partial charge on any atom is -0.497 e. The van der Waals surface area contributed by atoms with Crippen molar-refractivity contribution in [1.82, 2.24) is 0 Å². The van der Waals surface area contributed by atoms with Gasteiger partial charge in [0.05, 0.1) is 19.8 Å². The van der Waals surface area contributed by atoms with E-state index in [1.807, 2.05) is 0 Å². The Morgan fingerprint density at radius 1 is 0.966 bits per heavy atom. The van der Waals surface area contributed by atoms with Crippen LogP contribution in [0.4, 0.5) is 13.2 Å². The molecule has 0 radical (unpaired) electrons. The van der Waals surface area contributed by atoms with Gasteiger partial charge in [0, 0.05) is 6.08 Å². The molecule has 0 saturated heterocycles. The molecule has 0 atom stereocenters. The maximum Gasteiger partial charge on any atom is 0.573 e. The van der Waals surface area contributed by atoms with Crippen LogP contribution in [0.3, 0.4) is 0 Å².